The minimum absolute atomic E-state index is 0.0339. The molecule has 0 saturated carbocycles. The molecule has 0 N–H and O–H groups in total. The number of rotatable bonds is 8. The van der Waals surface area contributed by atoms with E-state index in [9.17, 15) is 9.59 Å². The minimum atomic E-state index is -0.206. The van der Waals surface area contributed by atoms with Gasteiger partial charge in [-0.2, -0.15) is 0 Å². The van der Waals surface area contributed by atoms with Crippen LogP contribution in [0.4, 0.5) is 11.4 Å². The predicted octanol–water partition coefficient (Wildman–Crippen LogP) is 6.79. The molecule has 0 aromatic heterocycles. The summed E-state index contributed by atoms with van der Waals surface area (Å²) in [6.45, 7) is 4.23. The standard InChI is InChI=1S/C30H34N2O3/c1-4-5-7-19-29(33)31-22(2)20-28(26-17-10-11-18-27(26)31)32(24-14-8-6-9-15-24)30(34)23-13-12-16-25(21-23)35-3/h6,8-18,21-22,28H,4-5,7,19-20H2,1-3H3/t22-,28-/m0/s1. The van der Waals surface area contributed by atoms with E-state index in [1.165, 1.54) is 0 Å². The monoisotopic (exact) mass is 470 g/mol. The van der Waals surface area contributed by atoms with Gasteiger partial charge in [0.2, 0.25) is 5.91 Å². The van der Waals surface area contributed by atoms with Gasteiger partial charge in [0.25, 0.3) is 5.91 Å². The van der Waals surface area contributed by atoms with E-state index < -0.39 is 0 Å². The molecule has 0 saturated heterocycles. The maximum Gasteiger partial charge on any atom is 0.258 e. The highest BCUT2D eigenvalue weighted by Gasteiger charge is 2.38. The molecule has 1 aliphatic heterocycles. The third-order valence-corrected chi connectivity index (χ3v) is 6.70. The first kappa shape index (κ1) is 24.5. The molecule has 0 spiro atoms. The molecule has 0 bridgehead atoms. The van der Waals surface area contributed by atoms with Crippen LogP contribution >= 0.6 is 0 Å². The van der Waals surface area contributed by atoms with Gasteiger partial charge in [-0.05, 0) is 61.7 Å². The van der Waals surface area contributed by atoms with Crippen LogP contribution < -0.4 is 14.5 Å². The predicted molar refractivity (Wildman–Crippen MR) is 141 cm³/mol. The van der Waals surface area contributed by atoms with Gasteiger partial charge in [0.1, 0.15) is 5.75 Å². The van der Waals surface area contributed by atoms with E-state index in [1.54, 1.807) is 13.2 Å². The summed E-state index contributed by atoms with van der Waals surface area (Å²) < 4.78 is 5.38. The quantitative estimate of drug-likeness (QED) is 0.341. The highest BCUT2D eigenvalue weighted by Crippen LogP contribution is 2.43. The molecule has 2 amide bonds. The van der Waals surface area contributed by atoms with Crippen LogP contribution in [0.1, 0.15) is 67.9 Å². The number of unbranched alkanes of at least 4 members (excludes halogenated alkanes) is 2. The Morgan fingerprint density at radius 2 is 1.71 bits per heavy atom. The molecule has 1 aliphatic rings. The van der Waals surface area contributed by atoms with E-state index in [0.29, 0.717) is 24.2 Å². The largest absolute Gasteiger partial charge is 0.497 e. The van der Waals surface area contributed by atoms with Crippen molar-refractivity contribution in [1.29, 1.82) is 0 Å². The van der Waals surface area contributed by atoms with E-state index in [4.69, 9.17) is 4.74 Å². The minimum Gasteiger partial charge on any atom is -0.497 e. The number of hydrogen-bond donors (Lipinski definition) is 0. The van der Waals surface area contributed by atoms with Crippen molar-refractivity contribution in [2.45, 2.75) is 58.0 Å². The van der Waals surface area contributed by atoms with Gasteiger partial charge < -0.3 is 14.5 Å². The summed E-state index contributed by atoms with van der Waals surface area (Å²) in [5, 5.41) is 0. The number of methoxy groups -OCH3 is 1. The summed E-state index contributed by atoms with van der Waals surface area (Å²) in [5.41, 5.74) is 3.29. The zero-order chi connectivity index (χ0) is 24.8. The molecule has 35 heavy (non-hydrogen) atoms. The number of ether oxygens (including phenoxy) is 1. The van der Waals surface area contributed by atoms with E-state index in [-0.39, 0.29) is 23.9 Å². The number of benzene rings is 3. The fourth-order valence-corrected chi connectivity index (χ4v) is 4.98. The van der Waals surface area contributed by atoms with Crippen LogP contribution in [-0.4, -0.2) is 25.0 Å². The van der Waals surface area contributed by atoms with Crippen LogP contribution in [0.15, 0.2) is 78.9 Å². The summed E-state index contributed by atoms with van der Waals surface area (Å²) in [6.07, 6.45) is 4.23. The Morgan fingerprint density at radius 3 is 2.46 bits per heavy atom. The van der Waals surface area contributed by atoms with Crippen molar-refractivity contribution >= 4 is 23.2 Å². The van der Waals surface area contributed by atoms with Crippen molar-refractivity contribution in [3.8, 4) is 5.75 Å². The van der Waals surface area contributed by atoms with Gasteiger partial charge in [-0.15, -0.1) is 0 Å². The van der Waals surface area contributed by atoms with Crippen molar-refractivity contribution in [2.75, 3.05) is 16.9 Å². The Hall–Kier alpha value is -3.60. The SMILES string of the molecule is CCCCCC(=O)N1c2ccccc2[C@@H](N(C(=O)c2cccc(OC)c2)c2ccccc2)C[C@@H]1C. The van der Waals surface area contributed by atoms with Gasteiger partial charge in [-0.25, -0.2) is 0 Å². The fraction of sp³-hybridized carbons (Fsp3) is 0.333. The third kappa shape index (κ3) is 5.24. The summed E-state index contributed by atoms with van der Waals surface area (Å²) in [4.78, 5) is 31.1. The molecule has 182 valence electrons. The van der Waals surface area contributed by atoms with Gasteiger partial charge >= 0.3 is 0 Å². The molecule has 1 heterocycles. The van der Waals surface area contributed by atoms with Gasteiger partial charge in [-0.1, -0.05) is 62.2 Å². The Morgan fingerprint density at radius 1 is 0.971 bits per heavy atom. The van der Waals surface area contributed by atoms with Gasteiger partial charge in [0.15, 0.2) is 0 Å². The normalized spacial score (nSPS) is 16.9. The first-order valence-electron chi connectivity index (χ1n) is 12.5. The molecule has 2 atom stereocenters. The lowest BCUT2D eigenvalue weighted by atomic mass is 9.89. The number of amides is 2. The van der Waals surface area contributed by atoms with Gasteiger partial charge in [-0.3, -0.25) is 9.59 Å². The Bertz CT molecular complexity index is 1160. The molecule has 0 fully saturated rings. The first-order chi connectivity index (χ1) is 17.0. The van der Waals surface area contributed by atoms with Gasteiger partial charge in [0.05, 0.1) is 13.2 Å². The van der Waals surface area contributed by atoms with Gasteiger partial charge in [0, 0.05) is 29.4 Å². The van der Waals surface area contributed by atoms with E-state index >= 15 is 0 Å². The summed E-state index contributed by atoms with van der Waals surface area (Å²) >= 11 is 0. The van der Waals surface area contributed by atoms with Crippen molar-refractivity contribution in [1.82, 2.24) is 0 Å². The third-order valence-electron chi connectivity index (χ3n) is 6.70. The number of carbonyl (C=O) groups is 2. The lowest BCUT2D eigenvalue weighted by Gasteiger charge is -2.43. The average molecular weight is 471 g/mol. The molecular weight excluding hydrogens is 436 g/mol. The number of carbonyl (C=O) groups excluding carboxylic acids is 2. The number of nitrogens with zero attached hydrogens (tertiary/aromatic N) is 2. The zero-order valence-electron chi connectivity index (χ0n) is 20.8. The Kier molecular flexibility index (Phi) is 7.86. The molecule has 4 rings (SSSR count). The number of fused-ring (bicyclic) bond motifs is 1. The summed E-state index contributed by atoms with van der Waals surface area (Å²) in [6, 6.07) is 24.8. The lowest BCUT2D eigenvalue weighted by Crippen LogP contribution is -2.47. The maximum absolute atomic E-state index is 14.0. The van der Waals surface area contributed by atoms with Crippen LogP contribution in [0.3, 0.4) is 0 Å². The van der Waals surface area contributed by atoms with Crippen molar-refractivity contribution < 1.29 is 14.3 Å². The van der Waals surface area contributed by atoms with Crippen molar-refractivity contribution in [2.24, 2.45) is 0 Å². The molecule has 5 heteroatoms. The fourth-order valence-electron chi connectivity index (χ4n) is 4.98. The van der Waals surface area contributed by atoms with E-state index in [2.05, 4.69) is 13.8 Å². The second-order valence-corrected chi connectivity index (χ2v) is 9.12. The van der Waals surface area contributed by atoms with Crippen LogP contribution in [0.25, 0.3) is 0 Å². The molecule has 0 aliphatic carbocycles. The maximum atomic E-state index is 14.0. The van der Waals surface area contributed by atoms with Crippen LogP contribution in [0, 0.1) is 0 Å². The number of anilines is 2. The van der Waals surface area contributed by atoms with E-state index in [1.807, 2.05) is 82.6 Å². The molecule has 5 nitrogen and oxygen atoms in total. The highest BCUT2D eigenvalue weighted by molar-refractivity contribution is 6.07. The zero-order valence-corrected chi connectivity index (χ0v) is 20.8. The first-order valence-corrected chi connectivity index (χ1v) is 12.5. The highest BCUT2D eigenvalue weighted by atomic mass is 16.5. The van der Waals surface area contributed by atoms with Crippen LogP contribution in [0.2, 0.25) is 0 Å². The molecular formula is C30H34N2O3. The topological polar surface area (TPSA) is 49.9 Å². The van der Waals surface area contributed by atoms with Crippen LogP contribution in [-0.2, 0) is 4.79 Å². The van der Waals surface area contributed by atoms with E-state index in [0.717, 1.165) is 36.2 Å². The van der Waals surface area contributed by atoms with Crippen LogP contribution in [0.5, 0.6) is 5.75 Å². The number of para-hydroxylation sites is 2. The molecule has 0 unspecified atom stereocenters. The second kappa shape index (κ2) is 11.2. The smallest absolute Gasteiger partial charge is 0.258 e. The molecule has 3 aromatic carbocycles. The van der Waals surface area contributed by atoms with Crippen molar-refractivity contribution in [3.63, 3.8) is 0 Å². The van der Waals surface area contributed by atoms with Crippen molar-refractivity contribution in [3.05, 3.63) is 90.0 Å². The lowest BCUT2D eigenvalue weighted by molar-refractivity contribution is -0.119. The summed E-state index contributed by atoms with van der Waals surface area (Å²) in [7, 11) is 1.60. The summed E-state index contributed by atoms with van der Waals surface area (Å²) in [5.74, 6) is 0.706. The molecule has 0 radical (unpaired) electrons. The molecule has 3 aromatic rings. The Balaban J connectivity index is 1.76. The Labute approximate surface area is 208 Å². The second-order valence-electron chi connectivity index (χ2n) is 9.12. The number of hydrogen-bond acceptors (Lipinski definition) is 3. The average Bonchev–Trinajstić information content (AvgIpc) is 2.89.